The van der Waals surface area contributed by atoms with Gasteiger partial charge in [-0.3, -0.25) is 0 Å². The van der Waals surface area contributed by atoms with Crippen LogP contribution in [0.1, 0.15) is 17.8 Å². The number of nitrogens with zero attached hydrogens (tertiary/aromatic N) is 2. The molecule has 0 aliphatic heterocycles. The Bertz CT molecular complexity index is 837. The van der Waals surface area contributed by atoms with Crippen LogP contribution >= 0.6 is 0 Å². The van der Waals surface area contributed by atoms with Crippen LogP contribution in [0.5, 0.6) is 11.6 Å². The molecule has 0 aliphatic rings. The van der Waals surface area contributed by atoms with Gasteiger partial charge in [-0.05, 0) is 42.8 Å². The van der Waals surface area contributed by atoms with Gasteiger partial charge in [-0.1, -0.05) is 12.1 Å². The highest BCUT2D eigenvalue weighted by Crippen LogP contribution is 2.30. The van der Waals surface area contributed by atoms with Gasteiger partial charge in [-0.25, -0.2) is 18.2 Å². The number of benzene rings is 2. The van der Waals surface area contributed by atoms with E-state index < -0.39 is 12.2 Å². The molecule has 2 aromatic carbocycles. The van der Waals surface area contributed by atoms with Gasteiger partial charge in [0, 0.05) is 0 Å². The van der Waals surface area contributed by atoms with Crippen molar-refractivity contribution in [3.8, 4) is 11.6 Å². The highest BCUT2D eigenvalue weighted by Gasteiger charge is 2.16. The van der Waals surface area contributed by atoms with Crippen molar-refractivity contribution in [1.82, 2.24) is 9.97 Å². The summed E-state index contributed by atoms with van der Waals surface area (Å²) in [4.78, 5) is 7.58. The topological polar surface area (TPSA) is 35.0 Å². The molecule has 0 N–H and O–H groups in total. The molecule has 3 rings (SSSR count). The molecule has 22 heavy (non-hydrogen) atoms. The summed E-state index contributed by atoms with van der Waals surface area (Å²) in [5.41, 5.74) is 0.756. The van der Waals surface area contributed by atoms with Crippen LogP contribution < -0.4 is 4.74 Å². The molecule has 1 aromatic heterocycles. The molecule has 0 saturated carbocycles. The summed E-state index contributed by atoms with van der Waals surface area (Å²) in [5.74, 6) is -0.629. The van der Waals surface area contributed by atoms with Gasteiger partial charge in [0.1, 0.15) is 11.6 Å². The number of fused-ring (bicyclic) bond motifs is 1. The zero-order valence-electron chi connectivity index (χ0n) is 11.6. The minimum absolute atomic E-state index is 0.0203. The first kappa shape index (κ1) is 14.3. The van der Waals surface area contributed by atoms with E-state index in [2.05, 4.69) is 9.97 Å². The molecule has 0 bridgehead atoms. The Morgan fingerprint density at radius 3 is 2.55 bits per heavy atom. The molecule has 0 unspecified atom stereocenters. The molecular weight excluding hydrogens is 293 g/mol. The van der Waals surface area contributed by atoms with Crippen LogP contribution in [0, 0.1) is 12.7 Å². The minimum Gasteiger partial charge on any atom is -0.438 e. The van der Waals surface area contributed by atoms with Crippen molar-refractivity contribution in [1.29, 1.82) is 0 Å². The van der Waals surface area contributed by atoms with Crippen molar-refractivity contribution in [2.24, 2.45) is 0 Å². The molecule has 0 atom stereocenters. The average Bonchev–Trinajstić information content (AvgIpc) is 2.50. The van der Waals surface area contributed by atoms with Crippen LogP contribution in [0.15, 0.2) is 42.5 Å². The van der Waals surface area contributed by atoms with Crippen molar-refractivity contribution in [3.63, 3.8) is 0 Å². The van der Waals surface area contributed by atoms with E-state index >= 15 is 0 Å². The second kappa shape index (κ2) is 5.63. The maximum atomic E-state index is 13.3. The van der Waals surface area contributed by atoms with E-state index in [1.165, 1.54) is 18.2 Å². The summed E-state index contributed by atoms with van der Waals surface area (Å²) in [6.07, 6.45) is -2.80. The van der Waals surface area contributed by atoms with Gasteiger partial charge in [-0.2, -0.15) is 4.98 Å². The van der Waals surface area contributed by atoms with Gasteiger partial charge in [0.15, 0.2) is 5.82 Å². The lowest BCUT2D eigenvalue weighted by molar-refractivity contribution is 0.140. The van der Waals surface area contributed by atoms with Crippen LogP contribution in [-0.4, -0.2) is 9.97 Å². The number of para-hydroxylation sites is 1. The van der Waals surface area contributed by atoms with Crippen molar-refractivity contribution in [3.05, 3.63) is 59.7 Å². The first-order valence-electron chi connectivity index (χ1n) is 6.53. The van der Waals surface area contributed by atoms with Gasteiger partial charge in [0.05, 0.1) is 10.9 Å². The summed E-state index contributed by atoms with van der Waals surface area (Å²) in [5, 5.41) is 0.508. The van der Waals surface area contributed by atoms with E-state index in [0.29, 0.717) is 22.2 Å². The number of ether oxygens (including phenoxy) is 1. The first-order valence-corrected chi connectivity index (χ1v) is 6.53. The largest absolute Gasteiger partial charge is 0.438 e. The van der Waals surface area contributed by atoms with Crippen LogP contribution in [0.25, 0.3) is 10.9 Å². The van der Waals surface area contributed by atoms with E-state index in [9.17, 15) is 13.2 Å². The van der Waals surface area contributed by atoms with Gasteiger partial charge in [-0.15, -0.1) is 0 Å². The first-order chi connectivity index (χ1) is 10.5. The molecule has 0 amide bonds. The lowest BCUT2D eigenvalue weighted by Gasteiger charge is -2.10. The van der Waals surface area contributed by atoms with E-state index in [1.54, 1.807) is 31.2 Å². The standard InChI is InChI=1S/C16H11F3N2O/c1-9-8-10(6-7-12(9)17)22-16-11-4-2-3-5-13(11)20-15(21-16)14(18)19/h2-8,14H,1H3. The highest BCUT2D eigenvalue weighted by atomic mass is 19.3. The smallest absolute Gasteiger partial charge is 0.297 e. The molecule has 0 spiro atoms. The Morgan fingerprint density at radius 2 is 1.82 bits per heavy atom. The molecule has 1 heterocycles. The Labute approximate surface area is 124 Å². The second-order valence-electron chi connectivity index (χ2n) is 4.72. The Balaban J connectivity index is 2.10. The van der Waals surface area contributed by atoms with Gasteiger partial charge in [0.25, 0.3) is 6.43 Å². The molecule has 0 fully saturated rings. The van der Waals surface area contributed by atoms with E-state index in [4.69, 9.17) is 4.74 Å². The highest BCUT2D eigenvalue weighted by molar-refractivity contribution is 5.83. The molecule has 3 aromatic rings. The lowest BCUT2D eigenvalue weighted by Crippen LogP contribution is -2.00. The third-order valence-electron chi connectivity index (χ3n) is 3.12. The summed E-state index contributed by atoms with van der Waals surface area (Å²) in [7, 11) is 0. The Kier molecular flexibility index (Phi) is 3.66. The summed E-state index contributed by atoms with van der Waals surface area (Å²) < 4.78 is 44.6. The molecule has 0 saturated heterocycles. The van der Waals surface area contributed by atoms with Crippen LogP contribution in [0.3, 0.4) is 0 Å². The predicted molar refractivity (Wildman–Crippen MR) is 75.7 cm³/mol. The monoisotopic (exact) mass is 304 g/mol. The summed E-state index contributed by atoms with van der Waals surface area (Å²) >= 11 is 0. The number of aryl methyl sites for hydroxylation is 1. The fourth-order valence-electron chi connectivity index (χ4n) is 2.03. The quantitative estimate of drug-likeness (QED) is 0.696. The Hall–Kier alpha value is -2.63. The zero-order chi connectivity index (χ0) is 15.7. The number of rotatable bonds is 3. The number of aromatic nitrogens is 2. The fraction of sp³-hybridized carbons (Fsp3) is 0.125. The molecular formula is C16H11F3N2O. The maximum absolute atomic E-state index is 13.3. The molecule has 112 valence electrons. The average molecular weight is 304 g/mol. The van der Waals surface area contributed by atoms with E-state index in [1.807, 2.05) is 0 Å². The molecule has 0 radical (unpaired) electrons. The number of hydrogen-bond donors (Lipinski definition) is 0. The normalized spacial score (nSPS) is 11.1. The van der Waals surface area contributed by atoms with Crippen molar-refractivity contribution >= 4 is 10.9 Å². The number of halogens is 3. The molecule has 6 heteroatoms. The SMILES string of the molecule is Cc1cc(Oc2nc(C(F)F)nc3ccccc23)ccc1F. The lowest BCUT2D eigenvalue weighted by atomic mass is 10.2. The Morgan fingerprint density at radius 1 is 1.05 bits per heavy atom. The van der Waals surface area contributed by atoms with Crippen molar-refractivity contribution < 1.29 is 17.9 Å². The van der Waals surface area contributed by atoms with Gasteiger partial charge < -0.3 is 4.74 Å². The van der Waals surface area contributed by atoms with Gasteiger partial charge in [0.2, 0.25) is 5.88 Å². The van der Waals surface area contributed by atoms with Crippen LogP contribution in [0.4, 0.5) is 13.2 Å². The maximum Gasteiger partial charge on any atom is 0.297 e. The third-order valence-corrected chi connectivity index (χ3v) is 3.12. The fourth-order valence-corrected chi connectivity index (χ4v) is 2.03. The van der Waals surface area contributed by atoms with Crippen molar-refractivity contribution in [2.45, 2.75) is 13.3 Å². The van der Waals surface area contributed by atoms with Crippen LogP contribution in [0.2, 0.25) is 0 Å². The second-order valence-corrected chi connectivity index (χ2v) is 4.72. The van der Waals surface area contributed by atoms with E-state index in [-0.39, 0.29) is 11.7 Å². The third kappa shape index (κ3) is 2.72. The minimum atomic E-state index is -2.80. The molecule has 3 nitrogen and oxygen atoms in total. The molecule has 0 aliphatic carbocycles. The number of alkyl halides is 2. The predicted octanol–water partition coefficient (Wildman–Crippen LogP) is 4.81. The summed E-state index contributed by atoms with van der Waals surface area (Å²) in [6.45, 7) is 1.59. The van der Waals surface area contributed by atoms with Crippen molar-refractivity contribution in [2.75, 3.05) is 0 Å². The zero-order valence-corrected chi connectivity index (χ0v) is 11.6. The van der Waals surface area contributed by atoms with Crippen LogP contribution in [-0.2, 0) is 0 Å². The van der Waals surface area contributed by atoms with Gasteiger partial charge >= 0.3 is 0 Å². The van der Waals surface area contributed by atoms with E-state index in [0.717, 1.165) is 0 Å². The summed E-state index contributed by atoms with van der Waals surface area (Å²) in [6, 6.07) is 10.9. The number of hydrogen-bond acceptors (Lipinski definition) is 3.